The Balaban J connectivity index is 0.000000183. The fourth-order valence-electron chi connectivity index (χ4n) is 21.5. The number of nitrogens with zero attached hydrogens (tertiary/aromatic N) is 5. The number of nitrogens with one attached hydrogen (secondary N) is 2. The lowest BCUT2D eigenvalue weighted by Crippen LogP contribution is -2.70. The molecule has 6 aromatic rings. The van der Waals surface area contributed by atoms with Gasteiger partial charge in [-0.2, -0.15) is 5.26 Å². The quantitative estimate of drug-likeness (QED) is 0.0537. The molecule has 0 aliphatic carbocycles. The number of phenols is 2. The molecule has 4 saturated heterocycles. The number of fused-ring (bicyclic) bond motifs is 18. The van der Waals surface area contributed by atoms with Gasteiger partial charge in [-0.25, -0.2) is 28.8 Å². The minimum Gasteiger partial charge on any atom is -0.504 e. The van der Waals surface area contributed by atoms with Crippen molar-refractivity contribution in [1.82, 2.24) is 30.2 Å². The zero-order valence-electron chi connectivity index (χ0n) is 77.6. The van der Waals surface area contributed by atoms with E-state index in [1.807, 2.05) is 45.0 Å². The standard InChI is InChI=1S/C48H56N4O13S.C47H57N3O14S/c1-22-14-25-15-27-28(18-49)52-29-19-59-43(54)48(26-17-30(57-10)31(16-24(26)12-13-50-48)62-44(55)64-46(3,4)5)20-66-42(36(52)35(51(27)9)32(25)37(53)38(22)58-11)34-33(29)41-40(60-21-61-41)23(2)39(34)63-45(56)65-47(6,7)8;1-21-14-24-15-26-41(52)50-27-18-58-42(53)47(25-17-28(56-10)29(16-23(25)12-13-48-47)61-43(54)63-45(3,4)5)19-65-40(34(50)33(49(26)9)30(24)35(51)36(21)57-11)32-31(27)39-38(59-20-60-39)22(2)37(32)62-44(55)64-46(6,7)8/h14,16-17,27-29,35-36,42,50,53H,12-13,15,19-21H2,1-11H3;14,16-17,26-27,33-34,40-41,48,51-52H,12-13,15,18-20H2,1-11H3/t27-,28-,29-,35+,36?,42+,48+;26-,27-,33+,34?,40+,41-,47+/m00/s1. The van der Waals surface area contributed by atoms with Crippen LogP contribution >= 0.6 is 23.5 Å². The number of rotatable bonds is 8. The topological polar surface area (TPSA) is 390 Å². The summed E-state index contributed by atoms with van der Waals surface area (Å²) >= 11 is 2.84. The van der Waals surface area contributed by atoms with E-state index in [0.29, 0.717) is 129 Å². The van der Waals surface area contributed by atoms with Crippen LogP contribution in [0, 0.1) is 39.0 Å². The van der Waals surface area contributed by atoms with E-state index in [1.165, 1.54) is 52.0 Å². The number of hydrogen-bond donors (Lipinski definition) is 5. The van der Waals surface area contributed by atoms with Crippen molar-refractivity contribution in [1.29, 1.82) is 5.26 Å². The molecule has 2 unspecified atom stereocenters. The van der Waals surface area contributed by atoms with Crippen LogP contribution in [0.4, 0.5) is 19.2 Å². The van der Waals surface area contributed by atoms with E-state index in [1.54, 1.807) is 121 Å². The highest BCUT2D eigenvalue weighted by atomic mass is 32.2. The smallest absolute Gasteiger partial charge is 0.504 e. The highest BCUT2D eigenvalue weighted by molar-refractivity contribution is 7.99. The summed E-state index contributed by atoms with van der Waals surface area (Å²) in [4.78, 5) is 92.1. The fraction of sp³-hybridized carbons (Fsp3) is 0.547. The summed E-state index contributed by atoms with van der Waals surface area (Å²) in [7, 11) is 9.85. The first-order valence-corrected chi connectivity index (χ1v) is 45.9. The van der Waals surface area contributed by atoms with Crippen LogP contribution < -0.4 is 67.5 Å². The Morgan fingerprint density at radius 2 is 0.847 bits per heavy atom. The van der Waals surface area contributed by atoms with Gasteiger partial charge >= 0.3 is 36.6 Å². The lowest BCUT2D eigenvalue weighted by molar-refractivity contribution is -0.186. The number of aliphatic hydroxyl groups excluding tert-OH is 1. The molecule has 8 bridgehead atoms. The summed E-state index contributed by atoms with van der Waals surface area (Å²) in [6, 6.07) is 7.77. The largest absolute Gasteiger partial charge is 0.514 e. The van der Waals surface area contributed by atoms with Crippen molar-refractivity contribution in [2.24, 2.45) is 0 Å². The van der Waals surface area contributed by atoms with Gasteiger partial charge < -0.3 is 101 Å². The zero-order valence-corrected chi connectivity index (χ0v) is 79.2. The van der Waals surface area contributed by atoms with Gasteiger partial charge in [-0.3, -0.25) is 30.2 Å². The molecule has 702 valence electrons. The molecular formula is C95H113N7O27S2. The highest BCUT2D eigenvalue weighted by Crippen LogP contribution is 2.68. The van der Waals surface area contributed by atoms with Gasteiger partial charge in [-0.1, -0.05) is 12.1 Å². The maximum atomic E-state index is 15.2. The summed E-state index contributed by atoms with van der Waals surface area (Å²) < 4.78 is 107. The lowest BCUT2D eigenvalue weighted by atomic mass is 9.71. The van der Waals surface area contributed by atoms with Gasteiger partial charge in [0.1, 0.15) is 59.4 Å². The number of benzene rings is 6. The maximum Gasteiger partial charge on any atom is 0.514 e. The number of carbonyl (C=O) groups is 6. The van der Waals surface area contributed by atoms with Crippen LogP contribution in [0.5, 0.6) is 80.5 Å². The molecule has 14 heterocycles. The van der Waals surface area contributed by atoms with Crippen molar-refractivity contribution in [2.75, 3.05) is 93.9 Å². The first-order valence-electron chi connectivity index (χ1n) is 43.8. The summed E-state index contributed by atoms with van der Waals surface area (Å²) in [5, 5.41) is 54.1. The van der Waals surface area contributed by atoms with Crippen molar-refractivity contribution in [3.63, 3.8) is 0 Å². The lowest BCUT2D eigenvalue weighted by Gasteiger charge is -2.62. The van der Waals surface area contributed by atoms with Crippen molar-refractivity contribution in [3.05, 3.63) is 125 Å². The third kappa shape index (κ3) is 15.7. The molecule has 0 saturated carbocycles. The minimum atomic E-state index is -1.49. The Morgan fingerprint density at radius 3 is 1.24 bits per heavy atom. The molecule has 14 aliphatic heterocycles. The van der Waals surface area contributed by atoms with Crippen molar-refractivity contribution in [2.45, 2.75) is 241 Å². The number of phenolic OH excluding ortho intramolecular Hbond substituents is 2. The van der Waals surface area contributed by atoms with Gasteiger partial charge in [0.15, 0.2) is 80.1 Å². The Bertz CT molecular complexity index is 5750. The second-order valence-corrected chi connectivity index (χ2v) is 41.3. The van der Waals surface area contributed by atoms with E-state index in [2.05, 4.69) is 31.4 Å². The molecule has 14 atom stereocenters. The van der Waals surface area contributed by atoms with Gasteiger partial charge in [0.25, 0.3) is 0 Å². The SMILES string of the molecule is COc1cc2c(cc1OC(=O)OC(C)(C)C)CCN[C@]21CS[C@@H]2c3c(OC(=O)OC(C)(C)C)c(C)c4c(c3[C@H](COC1=O)N1C2[C@H]2c3c(cc(C)c(OC)c3O)C[C@@H]([C@@H]1C#N)N2C)OCO4.COc1cc2c(cc1OC(=O)OC(C)(C)C)CCN[C@]21CS[C@@H]2c3c(OC(=O)OC(C)(C)C)c(C)c4c(c3[C@H](COC1=O)N1C2[C@H]2c3c(cc(C)c(OC)c3O)C[C@@H]([C@@H]1O)N2C)OCO4. The van der Waals surface area contributed by atoms with Crippen LogP contribution in [0.2, 0.25) is 0 Å². The molecule has 0 radical (unpaired) electrons. The molecule has 36 heteroatoms. The zero-order chi connectivity index (χ0) is 94.0. The number of esters is 2. The summed E-state index contributed by atoms with van der Waals surface area (Å²) in [6.07, 6.45) is -2.97. The van der Waals surface area contributed by atoms with E-state index in [-0.39, 0.29) is 90.3 Å². The molecule has 20 rings (SSSR count). The normalized spacial score (nSPS) is 26.6. The number of likely N-dealkylation sites (N-methyl/N-ethyl adjacent to an activating group) is 2. The number of ether oxygens (including phenoxy) is 18. The summed E-state index contributed by atoms with van der Waals surface area (Å²) in [5.41, 5.74) is 4.12. The van der Waals surface area contributed by atoms with Gasteiger partial charge in [0.05, 0.1) is 75.2 Å². The molecule has 5 N–H and O–H groups in total. The average molecular weight is 1850 g/mol. The first kappa shape index (κ1) is 92.1. The predicted octanol–water partition coefficient (Wildman–Crippen LogP) is 13.4. The van der Waals surface area contributed by atoms with Crippen LogP contribution in [0.3, 0.4) is 0 Å². The maximum absolute atomic E-state index is 15.2. The van der Waals surface area contributed by atoms with Gasteiger partial charge in [0, 0.05) is 87.2 Å². The Kier molecular flexibility index (Phi) is 23.7. The number of nitriles is 1. The van der Waals surface area contributed by atoms with E-state index in [0.717, 1.165) is 33.4 Å². The second kappa shape index (κ2) is 33.8. The Hall–Kier alpha value is -10.8. The molecule has 131 heavy (non-hydrogen) atoms. The van der Waals surface area contributed by atoms with E-state index < -0.39 is 135 Å². The number of carbonyl (C=O) groups excluding carboxylic acids is 6. The third-order valence-electron chi connectivity index (χ3n) is 26.5. The molecule has 0 aromatic heterocycles. The number of piperazine rings is 2. The molecule has 34 nitrogen and oxygen atoms in total. The number of thioether (sulfide) groups is 2. The van der Waals surface area contributed by atoms with E-state index >= 15 is 9.59 Å². The van der Waals surface area contributed by atoms with Gasteiger partial charge in [-0.15, -0.1) is 23.5 Å². The third-order valence-corrected chi connectivity index (χ3v) is 29.4. The molecule has 0 amide bonds. The molecule has 2 spiro atoms. The van der Waals surface area contributed by atoms with Crippen molar-refractivity contribution < 1.29 is 129 Å². The van der Waals surface area contributed by atoms with E-state index in [9.17, 15) is 39.8 Å². The number of aromatic hydroxyl groups is 2. The molecule has 6 aromatic carbocycles. The van der Waals surface area contributed by atoms with Crippen LogP contribution in [-0.2, 0) is 74.8 Å². The predicted molar refractivity (Wildman–Crippen MR) is 474 cm³/mol. The number of aliphatic hydroxyl groups is 1. The molecular weight excluding hydrogens is 1740 g/mol. The first-order chi connectivity index (χ1) is 61.9. The Labute approximate surface area is 767 Å². The fourth-order valence-corrected chi connectivity index (χ4v) is 24.8. The Morgan fingerprint density at radius 1 is 0.473 bits per heavy atom. The second-order valence-electron chi connectivity index (χ2n) is 39.1. The number of hydrogen-bond acceptors (Lipinski definition) is 36. The minimum absolute atomic E-state index is 0.00157. The summed E-state index contributed by atoms with van der Waals surface area (Å²) in [6.45, 7) is 28.2. The average Bonchev–Trinajstić information content (AvgIpc) is 1.54. The van der Waals surface area contributed by atoms with Gasteiger partial charge in [-0.05, 0) is 219 Å². The highest BCUT2D eigenvalue weighted by Gasteiger charge is 2.65. The van der Waals surface area contributed by atoms with Crippen LogP contribution in [-0.4, -0.2) is 224 Å². The summed E-state index contributed by atoms with van der Waals surface area (Å²) in [5.74, 6) is 2.26. The number of methoxy groups -OCH3 is 4. The molecule has 4 fully saturated rings. The molecule has 14 aliphatic rings. The van der Waals surface area contributed by atoms with Crippen LogP contribution in [0.1, 0.15) is 207 Å². The van der Waals surface area contributed by atoms with Crippen LogP contribution in [0.25, 0.3) is 0 Å². The monoisotopic (exact) mass is 1850 g/mol. The van der Waals surface area contributed by atoms with Crippen LogP contribution in [0.15, 0.2) is 36.4 Å². The number of aryl methyl sites for hydroxylation is 2. The van der Waals surface area contributed by atoms with Gasteiger partial charge in [0.2, 0.25) is 13.6 Å². The van der Waals surface area contributed by atoms with Crippen molar-refractivity contribution in [3.8, 4) is 86.6 Å². The van der Waals surface area contributed by atoms with Crippen molar-refractivity contribution >= 4 is 60.1 Å². The van der Waals surface area contributed by atoms with E-state index in [4.69, 9.17) is 85.3 Å².